The molecule has 8 heteroatoms. The Morgan fingerprint density at radius 2 is 1.65 bits per heavy atom. The van der Waals surface area contributed by atoms with Crippen LogP contribution in [0.1, 0.15) is 24.0 Å². The van der Waals surface area contributed by atoms with Gasteiger partial charge in [-0.1, -0.05) is 35.9 Å². The molecule has 0 aliphatic carbocycles. The van der Waals surface area contributed by atoms with Gasteiger partial charge < -0.3 is 5.32 Å². The number of anilines is 2. The smallest absolute Gasteiger partial charge is 0.261 e. The summed E-state index contributed by atoms with van der Waals surface area (Å²) in [5.74, 6) is -0.0903. The van der Waals surface area contributed by atoms with Gasteiger partial charge in [-0.05, 0) is 92.5 Å². The summed E-state index contributed by atoms with van der Waals surface area (Å²) >= 11 is 5.95. The number of hydrogen-bond donors (Lipinski definition) is 2. The maximum absolute atomic E-state index is 12.7. The lowest BCUT2D eigenvalue weighted by atomic mass is 9.95. The van der Waals surface area contributed by atoms with Crippen molar-refractivity contribution in [2.75, 3.05) is 23.1 Å². The number of rotatable bonds is 7. The van der Waals surface area contributed by atoms with Crippen LogP contribution in [-0.4, -0.2) is 32.3 Å². The first kappa shape index (κ1) is 24.3. The second-order valence-corrected chi connectivity index (χ2v) is 10.8. The number of nitrogens with one attached hydrogen (secondary N) is 2. The van der Waals surface area contributed by atoms with Crippen molar-refractivity contribution in [3.8, 4) is 0 Å². The Morgan fingerprint density at radius 1 is 0.971 bits per heavy atom. The van der Waals surface area contributed by atoms with Crippen LogP contribution in [0.4, 0.5) is 11.4 Å². The number of halogens is 1. The summed E-state index contributed by atoms with van der Waals surface area (Å²) in [7, 11) is -3.71. The van der Waals surface area contributed by atoms with Crippen molar-refractivity contribution < 1.29 is 13.2 Å². The fourth-order valence-electron chi connectivity index (χ4n) is 4.09. The number of aryl methyl sites for hydroxylation is 1. The predicted molar refractivity (Wildman–Crippen MR) is 137 cm³/mol. The minimum absolute atomic E-state index is 0.0281. The summed E-state index contributed by atoms with van der Waals surface area (Å²) in [5.41, 5.74) is 3.27. The maximum atomic E-state index is 12.7. The van der Waals surface area contributed by atoms with Gasteiger partial charge in [0.2, 0.25) is 5.91 Å². The molecule has 0 spiro atoms. The van der Waals surface area contributed by atoms with E-state index in [4.69, 9.17) is 11.6 Å². The number of piperidine rings is 1. The van der Waals surface area contributed by atoms with Crippen molar-refractivity contribution >= 4 is 38.9 Å². The molecule has 178 valence electrons. The van der Waals surface area contributed by atoms with E-state index in [1.165, 1.54) is 17.7 Å². The molecule has 3 aromatic rings. The van der Waals surface area contributed by atoms with Crippen LogP contribution in [0, 0.1) is 12.8 Å². The molecule has 1 aliphatic rings. The third-order valence-corrected chi connectivity index (χ3v) is 7.63. The van der Waals surface area contributed by atoms with Gasteiger partial charge in [0.05, 0.1) is 4.90 Å². The van der Waals surface area contributed by atoms with E-state index in [-0.39, 0.29) is 16.7 Å². The Bertz CT molecular complexity index is 1240. The van der Waals surface area contributed by atoms with Gasteiger partial charge in [0.15, 0.2) is 0 Å². The SMILES string of the molecule is Cc1cccc(NS(=O)(=O)c2ccc(NC(=O)C3CCN(Cc4ccc(Cl)cc4)CC3)cc2)c1. The molecule has 4 rings (SSSR count). The Kier molecular flexibility index (Phi) is 7.56. The third kappa shape index (κ3) is 6.38. The molecule has 0 bridgehead atoms. The minimum atomic E-state index is -3.71. The van der Waals surface area contributed by atoms with Gasteiger partial charge in [0.1, 0.15) is 0 Å². The molecule has 1 saturated heterocycles. The lowest BCUT2D eigenvalue weighted by molar-refractivity contribution is -0.121. The van der Waals surface area contributed by atoms with E-state index >= 15 is 0 Å². The van der Waals surface area contributed by atoms with Gasteiger partial charge in [-0.25, -0.2) is 8.42 Å². The first-order valence-corrected chi connectivity index (χ1v) is 13.1. The maximum Gasteiger partial charge on any atom is 0.261 e. The zero-order chi connectivity index (χ0) is 24.1. The molecule has 0 aromatic heterocycles. The molecule has 0 unspecified atom stereocenters. The van der Waals surface area contributed by atoms with Crippen LogP contribution in [0.3, 0.4) is 0 Å². The molecule has 34 heavy (non-hydrogen) atoms. The van der Waals surface area contributed by atoms with Gasteiger partial charge in [0.25, 0.3) is 10.0 Å². The minimum Gasteiger partial charge on any atom is -0.326 e. The van der Waals surface area contributed by atoms with Crippen LogP contribution in [0.25, 0.3) is 0 Å². The van der Waals surface area contributed by atoms with Crippen molar-refractivity contribution in [2.45, 2.75) is 31.2 Å². The van der Waals surface area contributed by atoms with Crippen molar-refractivity contribution in [3.63, 3.8) is 0 Å². The Morgan fingerprint density at radius 3 is 2.29 bits per heavy atom. The molecular formula is C26H28ClN3O3S. The number of carbonyl (C=O) groups is 1. The van der Waals surface area contributed by atoms with Crippen LogP contribution in [0.2, 0.25) is 5.02 Å². The molecule has 1 aliphatic heterocycles. The average molecular weight is 498 g/mol. The Balaban J connectivity index is 1.29. The largest absolute Gasteiger partial charge is 0.326 e. The molecule has 6 nitrogen and oxygen atoms in total. The first-order chi connectivity index (χ1) is 16.3. The zero-order valence-electron chi connectivity index (χ0n) is 19.0. The van der Waals surface area contributed by atoms with Gasteiger partial charge in [0, 0.05) is 28.9 Å². The van der Waals surface area contributed by atoms with Gasteiger partial charge in [-0.2, -0.15) is 0 Å². The molecule has 1 heterocycles. The van der Waals surface area contributed by atoms with E-state index < -0.39 is 10.0 Å². The molecule has 1 fully saturated rings. The van der Waals surface area contributed by atoms with Crippen molar-refractivity contribution in [3.05, 3.63) is 88.9 Å². The highest BCUT2D eigenvalue weighted by molar-refractivity contribution is 7.92. The Labute approximate surface area is 206 Å². The lowest BCUT2D eigenvalue weighted by Crippen LogP contribution is -2.37. The number of benzene rings is 3. The highest BCUT2D eigenvalue weighted by Gasteiger charge is 2.25. The second kappa shape index (κ2) is 10.6. The second-order valence-electron chi connectivity index (χ2n) is 8.67. The topological polar surface area (TPSA) is 78.5 Å². The molecular weight excluding hydrogens is 470 g/mol. The van der Waals surface area contributed by atoms with E-state index in [1.807, 2.05) is 37.3 Å². The molecule has 2 N–H and O–H groups in total. The highest BCUT2D eigenvalue weighted by Crippen LogP contribution is 2.23. The first-order valence-electron chi connectivity index (χ1n) is 11.3. The number of sulfonamides is 1. The number of nitrogens with zero attached hydrogens (tertiary/aromatic N) is 1. The quantitative estimate of drug-likeness (QED) is 0.464. The average Bonchev–Trinajstić information content (AvgIpc) is 2.81. The fourth-order valence-corrected chi connectivity index (χ4v) is 5.26. The summed E-state index contributed by atoms with van der Waals surface area (Å²) in [6.07, 6.45) is 1.57. The summed E-state index contributed by atoms with van der Waals surface area (Å²) in [6, 6.07) is 21.3. The molecule has 0 radical (unpaired) electrons. The molecule has 3 aromatic carbocycles. The normalized spacial score (nSPS) is 15.1. The molecule has 0 atom stereocenters. The Hall–Kier alpha value is -2.87. The summed E-state index contributed by atoms with van der Waals surface area (Å²) in [5, 5.41) is 3.66. The summed E-state index contributed by atoms with van der Waals surface area (Å²) in [4.78, 5) is 15.2. The fraction of sp³-hybridized carbons (Fsp3) is 0.269. The van der Waals surface area contributed by atoms with E-state index in [1.54, 1.807) is 30.3 Å². The van der Waals surface area contributed by atoms with E-state index in [0.29, 0.717) is 11.4 Å². The van der Waals surface area contributed by atoms with Crippen LogP contribution < -0.4 is 10.0 Å². The number of hydrogen-bond acceptors (Lipinski definition) is 4. The van der Waals surface area contributed by atoms with Gasteiger partial charge >= 0.3 is 0 Å². The number of carbonyl (C=O) groups excluding carboxylic acids is 1. The van der Waals surface area contributed by atoms with Crippen LogP contribution in [0.5, 0.6) is 0 Å². The van der Waals surface area contributed by atoms with E-state index in [2.05, 4.69) is 14.9 Å². The third-order valence-electron chi connectivity index (χ3n) is 5.98. The standard InChI is InChI=1S/C26H28ClN3O3S/c1-19-3-2-4-24(17-19)29-34(32,33)25-11-9-23(10-12-25)28-26(31)21-13-15-30(16-14-21)18-20-5-7-22(27)8-6-20/h2-12,17,21,29H,13-16,18H2,1H3,(H,28,31). The predicted octanol–water partition coefficient (Wildman–Crippen LogP) is 5.30. The van der Waals surface area contributed by atoms with Crippen LogP contribution in [-0.2, 0) is 21.4 Å². The summed E-state index contributed by atoms with van der Waals surface area (Å²) < 4.78 is 27.9. The van der Waals surface area contributed by atoms with Crippen molar-refractivity contribution in [1.82, 2.24) is 4.90 Å². The van der Waals surface area contributed by atoms with Crippen molar-refractivity contribution in [2.24, 2.45) is 5.92 Å². The molecule has 0 saturated carbocycles. The zero-order valence-corrected chi connectivity index (χ0v) is 20.6. The molecule has 1 amide bonds. The van der Waals surface area contributed by atoms with Gasteiger partial charge in [-0.3, -0.25) is 14.4 Å². The van der Waals surface area contributed by atoms with Gasteiger partial charge in [-0.15, -0.1) is 0 Å². The summed E-state index contributed by atoms with van der Waals surface area (Å²) in [6.45, 7) is 4.45. The van der Waals surface area contributed by atoms with Crippen molar-refractivity contribution in [1.29, 1.82) is 0 Å². The lowest BCUT2D eigenvalue weighted by Gasteiger charge is -2.31. The highest BCUT2D eigenvalue weighted by atomic mass is 35.5. The van der Waals surface area contributed by atoms with Crippen LogP contribution in [0.15, 0.2) is 77.7 Å². The van der Waals surface area contributed by atoms with E-state index in [9.17, 15) is 13.2 Å². The van der Waals surface area contributed by atoms with E-state index in [0.717, 1.165) is 43.1 Å². The number of amides is 1. The van der Waals surface area contributed by atoms with Crippen LogP contribution >= 0.6 is 11.6 Å². The number of likely N-dealkylation sites (tertiary alicyclic amines) is 1. The monoisotopic (exact) mass is 497 g/mol.